The van der Waals surface area contributed by atoms with Gasteiger partial charge in [-0.05, 0) is 191 Å². The number of alkyl halides is 2. The van der Waals surface area contributed by atoms with Crippen LogP contribution < -0.4 is 26.2 Å². The van der Waals surface area contributed by atoms with Crippen LogP contribution >= 0.6 is 100 Å². The minimum absolute atomic E-state index is 0.0155. The fourth-order valence-corrected chi connectivity index (χ4v) is 43.8. The van der Waals surface area contributed by atoms with E-state index in [0.717, 1.165) is 69.4 Å². The monoisotopic (exact) mass is 2510 g/mol. The van der Waals surface area contributed by atoms with E-state index in [9.17, 15) is 28.8 Å². The molecule has 1 fully saturated rings. The van der Waals surface area contributed by atoms with Gasteiger partial charge in [0, 0.05) is 59.8 Å². The third-order valence-electron chi connectivity index (χ3n) is 18.8. The third kappa shape index (κ3) is 57.0. The number of hydrogen-bond donors (Lipinski definition) is 2. The smallest absolute Gasteiger partial charge is 0.124 e. The first-order chi connectivity index (χ1) is 63.2. The van der Waals surface area contributed by atoms with Crippen LogP contribution in [0.1, 0.15) is 290 Å². The molecular weight excluding hydrogens is 2350 g/mol. The number of nitrogen functional groups attached to an aromatic ring is 2. The molecule has 1 saturated heterocycles. The van der Waals surface area contributed by atoms with Gasteiger partial charge in [-0.1, -0.05) is 68.4 Å². The zero-order chi connectivity index (χ0) is 102. The van der Waals surface area contributed by atoms with E-state index >= 15 is 0 Å². The summed E-state index contributed by atoms with van der Waals surface area (Å²) in [6.07, 6.45) is 19.7. The molecule has 6 amide bonds. The number of hydrogen-bond acceptors (Lipinski definition) is 28. The van der Waals surface area contributed by atoms with Crippen LogP contribution in [0.4, 0.5) is 57.9 Å². The number of ether oxygens (including phenoxy) is 15. The number of carbonyl (C=O) groups excluding carboxylic acids is 6. The number of aromatic nitrogens is 5. The largest absolute Gasteiger partial charge is 0.384 e. The predicted octanol–water partition coefficient (Wildman–Crippen LogP) is 28.1. The Morgan fingerprint density at radius 3 is 0.807 bits per heavy atom. The Bertz CT molecular complexity index is 3950. The maximum Gasteiger partial charge on any atom is 0.124 e. The summed E-state index contributed by atoms with van der Waals surface area (Å²) in [5.74, 6) is 1.33. The molecule has 0 unspecified atom stereocenters. The number of nitrogens with zero attached hydrogens (tertiary/aromatic N) is 8. The molecule has 768 valence electrons. The van der Waals surface area contributed by atoms with Crippen LogP contribution in [-0.2, 0) is 111 Å². The molecule has 4 aliphatic heterocycles. The Hall–Kier alpha value is -4.19. The Morgan fingerprint density at radius 2 is 0.578 bits per heavy atom. The summed E-state index contributed by atoms with van der Waals surface area (Å²) < 4.78 is 92.9. The minimum atomic E-state index is -1.91. The molecule has 5 aromatic heterocycles. The van der Waals surface area contributed by atoms with Crippen LogP contribution in [0, 0.1) is 0 Å². The van der Waals surface area contributed by atoms with Crippen LogP contribution in [0.3, 0.4) is 0 Å². The predicted molar refractivity (Wildman–Crippen MR) is 565 cm³/mol. The fraction of sp³-hybridized carbons (Fsp3) is 0.677. The molecular formula is C96H158Br2Cl2I2N10O21Sn2. The van der Waals surface area contributed by atoms with Crippen LogP contribution in [0.15, 0.2) is 70.3 Å². The number of carbonyl (C=O) groups is 6. The summed E-state index contributed by atoms with van der Waals surface area (Å²) in [4.78, 5) is 97.4. The van der Waals surface area contributed by atoms with E-state index in [0.29, 0.717) is 86.2 Å². The van der Waals surface area contributed by atoms with Crippen LogP contribution in [0.5, 0.6) is 0 Å². The van der Waals surface area contributed by atoms with Crippen molar-refractivity contribution in [1.82, 2.24) is 24.9 Å². The minimum Gasteiger partial charge on any atom is -0.384 e. The van der Waals surface area contributed by atoms with Gasteiger partial charge in [0.1, 0.15) is 62.7 Å². The summed E-state index contributed by atoms with van der Waals surface area (Å²) in [6, 6.07) is 8.12. The first kappa shape index (κ1) is 129. The zero-order valence-corrected chi connectivity index (χ0v) is 99.9. The van der Waals surface area contributed by atoms with Gasteiger partial charge in [0.2, 0.25) is 0 Å². The molecule has 31 nitrogen and oxygen atoms in total. The maximum absolute atomic E-state index is 12.5. The van der Waals surface area contributed by atoms with Crippen molar-refractivity contribution in [3.8, 4) is 0 Å². The number of anilines is 5. The van der Waals surface area contributed by atoms with E-state index in [-0.39, 0.29) is 17.5 Å². The number of amides is 6. The molecule has 0 aromatic carbocycles. The standard InChI is InChI=1S/2C17H24N2O5.C15H20BrClN2O4.C7H8N2O.C5H4BrClN2.6C4H9.C3H6O3.2C3H7O.C2H4I2O.2Sn/c2*1-16(2,3)23-14(20)19(15(21)24-17(4,5)6)13-7-11-9-22-10-12(11)8-18-13;1-14(2,3)22-12(20)19(13(21)23-15(4,5)6)11-7-10(17)9(16)8-18-11;8-7-1-5-3-10-4-6(5)2-9-7;6-3-2-9-5(8)1-4(3)7;6*1-3-4-2;1-4-2-6-3-5-1;2*1-3-4-2;3-1-5-2-4;;/h2*7-8H,9-10H2,1-6H3;7-8H,1-6H3;1-2H,3-4H2,(H2,8,9);1-2H,(H2,8,9);6*1,3-4H2,2H3;1-3H2;2*2-3H2,1H3;1-2H2;;. The quantitative estimate of drug-likeness (QED) is 0.0194. The van der Waals surface area contributed by atoms with Gasteiger partial charge in [0.05, 0.1) is 67.9 Å². The fourth-order valence-electron chi connectivity index (χ4n) is 12.4. The summed E-state index contributed by atoms with van der Waals surface area (Å²) >= 11 is 18.5. The Morgan fingerprint density at radius 1 is 0.348 bits per heavy atom. The summed E-state index contributed by atoms with van der Waals surface area (Å²) in [7, 11) is 0. The number of unbranched alkanes of at least 4 members (excludes halogenated alkanes) is 6. The first-order valence-corrected chi connectivity index (χ1v) is 67.9. The Labute approximate surface area is 867 Å². The molecule has 0 atom stereocenters. The van der Waals surface area contributed by atoms with Crippen molar-refractivity contribution in [2.24, 2.45) is 0 Å². The molecule has 0 radical (unpaired) electrons. The number of fused-ring (bicyclic) bond motifs is 3. The van der Waals surface area contributed by atoms with Crippen molar-refractivity contribution < 1.29 is 99.8 Å². The second kappa shape index (κ2) is 67.4. The van der Waals surface area contributed by atoms with Gasteiger partial charge in [0.25, 0.3) is 0 Å². The van der Waals surface area contributed by atoms with Gasteiger partial charge in [-0.3, -0.25) is 0 Å². The molecule has 9 heterocycles. The summed E-state index contributed by atoms with van der Waals surface area (Å²) in [5, 5.41) is 0.884. The van der Waals surface area contributed by atoms with Gasteiger partial charge < -0.3 is 73.0 Å². The van der Waals surface area contributed by atoms with Crippen LogP contribution in [0.2, 0.25) is 36.7 Å². The zero-order valence-electron chi connectivity index (χ0n) is 85.2. The van der Waals surface area contributed by atoms with Crippen molar-refractivity contribution in [3.63, 3.8) is 0 Å². The molecule has 9 rings (SSSR count). The molecule has 0 saturated carbocycles. The van der Waals surface area contributed by atoms with Gasteiger partial charge >= 0.3 is 264 Å². The Balaban J connectivity index is 0.000000785. The third-order valence-corrected chi connectivity index (χ3v) is 50.9. The molecule has 0 spiro atoms. The topological polar surface area (TPSA) is 367 Å². The molecule has 4 aliphatic rings. The van der Waals surface area contributed by atoms with Crippen LogP contribution in [0.25, 0.3) is 0 Å². The van der Waals surface area contributed by atoms with Gasteiger partial charge in [-0.15, -0.1) is 0 Å². The molecule has 0 aliphatic carbocycles. The number of pyridine rings is 5. The molecule has 135 heavy (non-hydrogen) atoms. The summed E-state index contributed by atoms with van der Waals surface area (Å²) in [6.45, 7) is 55.3. The number of nitrogens with two attached hydrogens (primary N) is 2. The average Bonchev–Trinajstić information content (AvgIpc) is 1.77. The van der Waals surface area contributed by atoms with Crippen LogP contribution in [-0.4, -0.2) is 184 Å². The van der Waals surface area contributed by atoms with E-state index in [1.54, 1.807) is 194 Å². The van der Waals surface area contributed by atoms with Crippen molar-refractivity contribution in [3.05, 3.63) is 114 Å². The average molecular weight is 2510 g/mol. The number of rotatable bonds is 29. The van der Waals surface area contributed by atoms with Crippen molar-refractivity contribution in [1.29, 1.82) is 0 Å². The van der Waals surface area contributed by atoms with Crippen molar-refractivity contribution in [2.75, 3.05) is 78.2 Å². The van der Waals surface area contributed by atoms with Crippen molar-refractivity contribution >= 4 is 203 Å². The number of imide groups is 3. The summed E-state index contributed by atoms with van der Waals surface area (Å²) in [5.41, 5.74) is 12.2. The molecule has 0 bridgehead atoms. The molecule has 5 aromatic rings. The second-order valence-electron chi connectivity index (χ2n) is 38.1. The van der Waals surface area contributed by atoms with Gasteiger partial charge in [-0.25, -0.2) is 53.7 Å². The van der Waals surface area contributed by atoms with E-state index in [1.807, 2.05) is 6.07 Å². The van der Waals surface area contributed by atoms with E-state index < -0.39 is 107 Å². The van der Waals surface area contributed by atoms with Gasteiger partial charge in [0.15, 0.2) is 20.4 Å². The SMILES string of the molecule is C1OCOCO1.CC(C)(C)OC(=O)N(C(=O)OC(C)(C)C)c1cc(Cl)c(Br)cn1.CC(C)(C)OC(=O)N(C(=O)OC(C)(C)C)c1cc2c(cn1)COC2.CC(C)(C)OC(=O)N(C(=O)OC(C)(C)C)c1cc2c(cn1)COC2.CCC[CH2][Sn]([CH2]CCC)([CH2]CCC)[CH2]OCC.CCC[CH2][Sn]([CH2]CCC)([CH2]CCC)[CH2]OCC.ICOCI.Nc1cc(Cl)c(Br)cn1.Nc1cc2c(cn1)COC2. The second-order valence-corrected chi connectivity index (χ2v) is 69.2. The van der Waals surface area contributed by atoms with E-state index in [1.165, 1.54) is 104 Å². The maximum atomic E-state index is 12.5. The Kier molecular flexibility index (Phi) is 64.3. The van der Waals surface area contributed by atoms with E-state index in [2.05, 4.69) is 172 Å². The van der Waals surface area contributed by atoms with Gasteiger partial charge in [-0.2, -0.15) is 14.7 Å². The normalized spacial score (nSPS) is 13.2. The molecule has 4 N–H and O–H groups in total. The van der Waals surface area contributed by atoms with E-state index in [4.69, 9.17) is 91.5 Å². The molecule has 39 heteroatoms. The first-order valence-electron chi connectivity index (χ1n) is 46.3. The number of halogens is 6. The van der Waals surface area contributed by atoms with Crippen molar-refractivity contribution in [2.45, 2.75) is 357 Å².